The van der Waals surface area contributed by atoms with E-state index in [9.17, 15) is 0 Å². The summed E-state index contributed by atoms with van der Waals surface area (Å²) in [5, 5.41) is 1.24. The van der Waals surface area contributed by atoms with Crippen molar-refractivity contribution in [1.29, 1.82) is 0 Å². The summed E-state index contributed by atoms with van der Waals surface area (Å²) in [4.78, 5) is 3.59. The van der Waals surface area contributed by atoms with E-state index >= 15 is 0 Å². The Hall–Kier alpha value is -3.32. The Morgan fingerprint density at radius 3 is 1.83 bits per heavy atom. The van der Waals surface area contributed by atoms with Gasteiger partial charge in [-0.05, 0) is 62.1 Å². The second-order valence-electron chi connectivity index (χ2n) is 7.88. The molecule has 1 nitrogen and oxygen atoms in total. The van der Waals surface area contributed by atoms with Crippen LogP contribution in [0.4, 0.5) is 0 Å². The summed E-state index contributed by atoms with van der Waals surface area (Å²) >= 11 is 0. The van der Waals surface area contributed by atoms with Gasteiger partial charge in [0.15, 0.2) is 0 Å². The first-order chi connectivity index (χ1) is 14.0. The van der Waals surface area contributed by atoms with Gasteiger partial charge in [-0.2, -0.15) is 0 Å². The molecule has 1 N–H and O–H groups in total. The van der Waals surface area contributed by atoms with Crippen molar-refractivity contribution in [2.75, 3.05) is 0 Å². The Balaban J connectivity index is 1.76. The van der Waals surface area contributed by atoms with Crippen molar-refractivity contribution >= 4 is 35.2 Å². The number of hydrogen-bond donors (Lipinski definition) is 1. The smallest absolute Gasteiger partial charge is 0.0465 e. The van der Waals surface area contributed by atoms with Crippen LogP contribution in [0.1, 0.15) is 44.6 Å². The van der Waals surface area contributed by atoms with Crippen molar-refractivity contribution < 1.29 is 0 Å². The van der Waals surface area contributed by atoms with Crippen molar-refractivity contribution in [2.45, 2.75) is 27.7 Å². The van der Waals surface area contributed by atoms with E-state index in [0.717, 1.165) is 11.2 Å². The maximum atomic E-state index is 3.59. The van der Waals surface area contributed by atoms with Gasteiger partial charge in [-0.1, -0.05) is 84.0 Å². The topological polar surface area (TPSA) is 15.8 Å². The predicted molar refractivity (Wildman–Crippen MR) is 128 cm³/mol. The Morgan fingerprint density at radius 1 is 0.621 bits per heavy atom. The molecule has 0 bridgehead atoms. The highest BCUT2D eigenvalue weighted by atomic mass is 14.7. The lowest BCUT2D eigenvalue weighted by Crippen LogP contribution is -1.83. The molecule has 0 fully saturated rings. The van der Waals surface area contributed by atoms with Crippen LogP contribution in [-0.2, 0) is 0 Å². The Bertz CT molecular complexity index is 1230. The fourth-order valence-electron chi connectivity index (χ4n) is 3.87. The number of hydrogen-bond acceptors (Lipinski definition) is 0. The number of aryl methyl sites for hydroxylation is 4. The summed E-state index contributed by atoms with van der Waals surface area (Å²) in [6.07, 6.45) is 8.85. The summed E-state index contributed by atoms with van der Waals surface area (Å²) in [5.41, 5.74) is 11.2. The van der Waals surface area contributed by atoms with Crippen molar-refractivity contribution in [3.05, 3.63) is 105 Å². The molecular weight excluding hydrogens is 350 g/mol. The zero-order chi connectivity index (χ0) is 20.4. The van der Waals surface area contributed by atoms with Crippen LogP contribution in [0.5, 0.6) is 0 Å². The fourth-order valence-corrected chi connectivity index (χ4v) is 3.87. The fraction of sp³-hybridized carbons (Fsp3) is 0.143. The summed E-state index contributed by atoms with van der Waals surface area (Å²) in [6, 6.07) is 21.7. The Kier molecular flexibility index (Phi) is 5.22. The molecule has 0 spiro atoms. The minimum Gasteiger partial charge on any atom is -0.355 e. The highest BCUT2D eigenvalue weighted by molar-refractivity contribution is 5.96. The molecule has 1 heteroatoms. The van der Waals surface area contributed by atoms with E-state index in [4.69, 9.17) is 0 Å². The second-order valence-corrected chi connectivity index (χ2v) is 7.88. The molecule has 0 atom stereocenters. The van der Waals surface area contributed by atoms with E-state index in [1.54, 1.807) is 0 Å². The van der Waals surface area contributed by atoms with E-state index in [0.29, 0.717) is 0 Å². The molecule has 1 aromatic heterocycles. The summed E-state index contributed by atoms with van der Waals surface area (Å²) in [6.45, 7) is 8.60. The van der Waals surface area contributed by atoms with Crippen LogP contribution in [0.15, 0.2) is 60.7 Å². The number of aromatic nitrogens is 1. The van der Waals surface area contributed by atoms with Gasteiger partial charge in [-0.15, -0.1) is 0 Å². The molecule has 1 heterocycles. The number of H-pyrrole nitrogens is 1. The molecular formula is C28H27N. The minimum atomic E-state index is 1.13. The molecule has 0 aliphatic heterocycles. The van der Waals surface area contributed by atoms with Crippen LogP contribution in [0.2, 0.25) is 0 Å². The molecule has 144 valence electrons. The van der Waals surface area contributed by atoms with Crippen molar-refractivity contribution in [1.82, 2.24) is 4.98 Å². The van der Waals surface area contributed by atoms with Gasteiger partial charge in [-0.25, -0.2) is 0 Å². The Morgan fingerprint density at radius 2 is 1.21 bits per heavy atom. The average Bonchev–Trinajstić information content (AvgIpc) is 3.04. The van der Waals surface area contributed by atoms with E-state index in [1.807, 2.05) is 0 Å². The van der Waals surface area contributed by atoms with Gasteiger partial charge < -0.3 is 4.98 Å². The number of nitrogens with one attached hydrogen (secondary N) is 1. The highest BCUT2D eigenvalue weighted by Gasteiger charge is 2.07. The van der Waals surface area contributed by atoms with Crippen molar-refractivity contribution in [3.63, 3.8) is 0 Å². The van der Waals surface area contributed by atoms with Gasteiger partial charge in [-0.3, -0.25) is 0 Å². The third-order valence-corrected chi connectivity index (χ3v) is 5.49. The maximum Gasteiger partial charge on any atom is 0.0465 e. The van der Waals surface area contributed by atoms with Crippen molar-refractivity contribution in [3.8, 4) is 0 Å². The number of para-hydroxylation sites is 1. The lowest BCUT2D eigenvalue weighted by Gasteiger charge is -2.03. The molecule has 0 aliphatic carbocycles. The zero-order valence-corrected chi connectivity index (χ0v) is 17.6. The van der Waals surface area contributed by atoms with Crippen LogP contribution in [0.3, 0.4) is 0 Å². The van der Waals surface area contributed by atoms with Gasteiger partial charge in [0, 0.05) is 22.2 Å². The molecule has 0 amide bonds. The largest absolute Gasteiger partial charge is 0.355 e. The first kappa shape index (κ1) is 19.0. The molecule has 0 aliphatic rings. The quantitative estimate of drug-likeness (QED) is 0.374. The summed E-state index contributed by atoms with van der Waals surface area (Å²) in [5.74, 6) is 0. The minimum absolute atomic E-state index is 1.13. The Labute approximate surface area is 173 Å². The molecule has 0 saturated heterocycles. The standard InChI is InChI=1S/C28H27N/c1-19-9-11-23(21(3)17-19)13-15-26-25-7-5-6-8-27(25)29-28(26)16-14-24-12-10-20(2)18-22(24)4/h5-18,29H,1-4H3/b15-13+,16-14+. The second kappa shape index (κ2) is 7.97. The first-order valence-electron chi connectivity index (χ1n) is 10.1. The van der Waals surface area contributed by atoms with Crippen LogP contribution in [0.25, 0.3) is 35.2 Å². The zero-order valence-electron chi connectivity index (χ0n) is 17.6. The molecule has 0 unspecified atom stereocenters. The number of aromatic amines is 1. The van der Waals surface area contributed by atoms with Crippen LogP contribution >= 0.6 is 0 Å². The number of benzene rings is 3. The normalized spacial score (nSPS) is 11.9. The van der Waals surface area contributed by atoms with Gasteiger partial charge in [0.05, 0.1) is 0 Å². The average molecular weight is 378 g/mol. The molecule has 0 radical (unpaired) electrons. The van der Waals surface area contributed by atoms with Gasteiger partial charge in [0.2, 0.25) is 0 Å². The number of rotatable bonds is 4. The third-order valence-electron chi connectivity index (χ3n) is 5.49. The van der Waals surface area contributed by atoms with Gasteiger partial charge in [0.1, 0.15) is 0 Å². The molecule has 29 heavy (non-hydrogen) atoms. The SMILES string of the molecule is Cc1ccc(/C=C/c2[nH]c3ccccc3c2/C=C/c2ccc(C)cc2C)c(C)c1. The van der Waals surface area contributed by atoms with Gasteiger partial charge >= 0.3 is 0 Å². The monoisotopic (exact) mass is 377 g/mol. The summed E-state index contributed by atoms with van der Waals surface area (Å²) < 4.78 is 0. The number of fused-ring (bicyclic) bond motifs is 1. The summed E-state index contributed by atoms with van der Waals surface area (Å²) in [7, 11) is 0. The molecule has 0 saturated carbocycles. The lowest BCUT2D eigenvalue weighted by atomic mass is 10.0. The first-order valence-corrected chi connectivity index (χ1v) is 10.1. The van der Waals surface area contributed by atoms with Crippen LogP contribution < -0.4 is 0 Å². The molecule has 4 rings (SSSR count). The van der Waals surface area contributed by atoms with E-state index < -0.39 is 0 Å². The van der Waals surface area contributed by atoms with E-state index in [1.165, 1.54) is 44.3 Å². The lowest BCUT2D eigenvalue weighted by molar-refractivity contribution is 1.37. The third kappa shape index (κ3) is 4.09. The van der Waals surface area contributed by atoms with Gasteiger partial charge in [0.25, 0.3) is 0 Å². The van der Waals surface area contributed by atoms with E-state index in [2.05, 4.69) is 118 Å². The highest BCUT2D eigenvalue weighted by Crippen LogP contribution is 2.27. The van der Waals surface area contributed by atoms with E-state index in [-0.39, 0.29) is 0 Å². The van der Waals surface area contributed by atoms with Crippen LogP contribution in [-0.4, -0.2) is 4.98 Å². The maximum absolute atomic E-state index is 3.59. The molecule has 4 aromatic rings. The molecule has 3 aromatic carbocycles. The van der Waals surface area contributed by atoms with Crippen molar-refractivity contribution in [2.24, 2.45) is 0 Å². The van der Waals surface area contributed by atoms with Crippen LogP contribution in [0, 0.1) is 27.7 Å². The predicted octanol–water partition coefficient (Wildman–Crippen LogP) is 7.74.